The van der Waals surface area contributed by atoms with Crippen LogP contribution in [0.25, 0.3) is 11.0 Å². The minimum atomic E-state index is -0.599. The van der Waals surface area contributed by atoms with Crippen molar-refractivity contribution in [3.8, 4) is 5.75 Å². The van der Waals surface area contributed by atoms with E-state index in [4.69, 9.17) is 9.47 Å². The van der Waals surface area contributed by atoms with Gasteiger partial charge in [-0.2, -0.15) is 0 Å². The van der Waals surface area contributed by atoms with Crippen LogP contribution in [0.4, 0.5) is 0 Å². The van der Waals surface area contributed by atoms with Crippen molar-refractivity contribution in [1.29, 1.82) is 0 Å². The molecule has 1 aliphatic rings. The first kappa shape index (κ1) is 19.1. The van der Waals surface area contributed by atoms with Crippen LogP contribution in [0.3, 0.4) is 0 Å². The van der Waals surface area contributed by atoms with Gasteiger partial charge in [-0.15, -0.1) is 0 Å². The molecular formula is C18H24N4O5. The molecule has 1 fully saturated rings. The number of rotatable bonds is 6. The molecule has 3 heterocycles. The molecule has 1 saturated heterocycles. The van der Waals surface area contributed by atoms with Crippen molar-refractivity contribution in [2.75, 3.05) is 20.3 Å². The van der Waals surface area contributed by atoms with Gasteiger partial charge in [0.2, 0.25) is 5.91 Å². The van der Waals surface area contributed by atoms with E-state index >= 15 is 0 Å². The van der Waals surface area contributed by atoms with E-state index in [1.807, 2.05) is 6.92 Å². The molecule has 2 aromatic rings. The first-order valence-corrected chi connectivity index (χ1v) is 9.01. The summed E-state index contributed by atoms with van der Waals surface area (Å²) in [7, 11) is 2.99. The molecule has 3 rings (SSSR count). The maximum atomic E-state index is 13.0. The van der Waals surface area contributed by atoms with Crippen molar-refractivity contribution in [3.05, 3.63) is 32.6 Å². The third-order valence-electron chi connectivity index (χ3n) is 4.82. The van der Waals surface area contributed by atoms with Gasteiger partial charge < -0.3 is 14.8 Å². The van der Waals surface area contributed by atoms with Crippen LogP contribution in [0, 0.1) is 0 Å². The van der Waals surface area contributed by atoms with Gasteiger partial charge in [-0.3, -0.25) is 14.2 Å². The third-order valence-corrected chi connectivity index (χ3v) is 4.82. The fourth-order valence-electron chi connectivity index (χ4n) is 3.32. The molecular weight excluding hydrogens is 352 g/mol. The van der Waals surface area contributed by atoms with E-state index in [1.54, 1.807) is 6.20 Å². The quantitative estimate of drug-likeness (QED) is 0.759. The number of nitrogens with one attached hydrogen (secondary N) is 1. The normalized spacial score (nSPS) is 16.6. The Bertz CT molecular complexity index is 972. The Morgan fingerprint density at radius 3 is 2.85 bits per heavy atom. The number of ether oxygens (including phenoxy) is 2. The van der Waals surface area contributed by atoms with Crippen LogP contribution in [0.1, 0.15) is 25.3 Å². The summed E-state index contributed by atoms with van der Waals surface area (Å²) in [6.07, 6.45) is 4.06. The number of amides is 1. The number of aromatic nitrogens is 3. The summed E-state index contributed by atoms with van der Waals surface area (Å²) >= 11 is 0. The van der Waals surface area contributed by atoms with Crippen molar-refractivity contribution in [2.45, 2.75) is 38.8 Å². The first-order valence-electron chi connectivity index (χ1n) is 9.01. The number of carbonyl (C=O) groups is 1. The molecule has 0 saturated carbocycles. The van der Waals surface area contributed by atoms with Crippen LogP contribution in [-0.4, -0.2) is 46.4 Å². The van der Waals surface area contributed by atoms with Gasteiger partial charge >= 0.3 is 5.69 Å². The lowest BCUT2D eigenvalue weighted by Gasteiger charge is -2.15. The molecule has 0 aliphatic carbocycles. The standard InChI is InChI=1S/C18H24N4O5/c1-4-11-8-20-16-14(15(11)26-3)17(24)22(18(25)21(16)2)10-13(23)19-9-12-6-5-7-27-12/h8,12H,4-7,9-10H2,1-3H3,(H,19,23). The Hall–Kier alpha value is -2.68. The topological polar surface area (TPSA) is 104 Å². The van der Waals surface area contributed by atoms with Gasteiger partial charge in [0.15, 0.2) is 5.65 Å². The van der Waals surface area contributed by atoms with Crippen molar-refractivity contribution in [2.24, 2.45) is 7.05 Å². The number of fused-ring (bicyclic) bond motifs is 1. The smallest absolute Gasteiger partial charge is 0.332 e. The molecule has 0 spiro atoms. The van der Waals surface area contributed by atoms with Gasteiger partial charge in [0.25, 0.3) is 5.56 Å². The van der Waals surface area contributed by atoms with E-state index in [9.17, 15) is 14.4 Å². The Kier molecular flexibility index (Phi) is 5.59. The second kappa shape index (κ2) is 7.91. The summed E-state index contributed by atoms with van der Waals surface area (Å²) in [5.41, 5.74) is -0.191. The third kappa shape index (κ3) is 3.59. The Labute approximate surface area is 155 Å². The number of aryl methyl sites for hydroxylation is 2. The van der Waals surface area contributed by atoms with Gasteiger partial charge in [-0.25, -0.2) is 14.3 Å². The molecule has 2 aromatic heterocycles. The van der Waals surface area contributed by atoms with Gasteiger partial charge in [0.1, 0.15) is 17.7 Å². The molecule has 1 unspecified atom stereocenters. The Morgan fingerprint density at radius 2 is 2.22 bits per heavy atom. The van der Waals surface area contributed by atoms with Crippen LogP contribution in [0.15, 0.2) is 15.8 Å². The average Bonchev–Trinajstić information content (AvgIpc) is 3.20. The average molecular weight is 376 g/mol. The molecule has 9 nitrogen and oxygen atoms in total. The predicted molar refractivity (Wildman–Crippen MR) is 99.2 cm³/mol. The van der Waals surface area contributed by atoms with E-state index in [-0.39, 0.29) is 23.7 Å². The zero-order valence-corrected chi connectivity index (χ0v) is 15.8. The van der Waals surface area contributed by atoms with Crippen LogP contribution < -0.4 is 21.3 Å². The molecule has 27 heavy (non-hydrogen) atoms. The summed E-state index contributed by atoms with van der Waals surface area (Å²) in [4.78, 5) is 42.1. The zero-order valence-electron chi connectivity index (χ0n) is 15.8. The second-order valence-corrected chi connectivity index (χ2v) is 6.54. The highest BCUT2D eigenvalue weighted by Crippen LogP contribution is 2.24. The van der Waals surface area contributed by atoms with E-state index in [0.717, 1.165) is 23.0 Å². The predicted octanol–water partition coefficient (Wildman–Crippen LogP) is -0.0386. The highest BCUT2D eigenvalue weighted by atomic mass is 16.5. The monoisotopic (exact) mass is 376 g/mol. The van der Waals surface area contributed by atoms with Gasteiger partial charge in [-0.05, 0) is 19.3 Å². The highest BCUT2D eigenvalue weighted by molar-refractivity contribution is 5.83. The lowest BCUT2D eigenvalue weighted by Crippen LogP contribution is -2.44. The molecule has 0 bridgehead atoms. The van der Waals surface area contributed by atoms with E-state index in [2.05, 4.69) is 10.3 Å². The van der Waals surface area contributed by atoms with Gasteiger partial charge in [0, 0.05) is 32.0 Å². The minimum absolute atomic E-state index is 0.0125. The first-order chi connectivity index (χ1) is 13.0. The number of carbonyl (C=O) groups excluding carboxylic acids is 1. The summed E-state index contributed by atoms with van der Waals surface area (Å²) in [6, 6.07) is 0. The molecule has 1 atom stereocenters. The number of hydrogen-bond donors (Lipinski definition) is 1. The van der Waals surface area contributed by atoms with Crippen LogP contribution in [0.5, 0.6) is 5.75 Å². The molecule has 9 heteroatoms. The number of hydrogen-bond acceptors (Lipinski definition) is 6. The zero-order chi connectivity index (χ0) is 19.6. The summed E-state index contributed by atoms with van der Waals surface area (Å²) in [5.74, 6) is -0.0285. The summed E-state index contributed by atoms with van der Waals surface area (Å²) < 4.78 is 13.0. The van der Waals surface area contributed by atoms with Crippen molar-refractivity contribution >= 4 is 16.9 Å². The molecule has 0 aromatic carbocycles. The van der Waals surface area contributed by atoms with E-state index in [0.29, 0.717) is 25.3 Å². The maximum Gasteiger partial charge on any atom is 0.332 e. The lowest BCUT2D eigenvalue weighted by molar-refractivity contribution is -0.122. The lowest BCUT2D eigenvalue weighted by atomic mass is 10.1. The van der Waals surface area contributed by atoms with E-state index < -0.39 is 17.2 Å². The fraction of sp³-hybridized carbons (Fsp3) is 0.556. The number of nitrogens with zero attached hydrogens (tertiary/aromatic N) is 3. The molecule has 0 radical (unpaired) electrons. The Morgan fingerprint density at radius 1 is 1.44 bits per heavy atom. The number of pyridine rings is 1. The van der Waals surface area contributed by atoms with Crippen LogP contribution in [0.2, 0.25) is 0 Å². The van der Waals surface area contributed by atoms with Crippen molar-refractivity contribution < 1.29 is 14.3 Å². The maximum absolute atomic E-state index is 13.0. The van der Waals surface area contributed by atoms with Crippen LogP contribution in [-0.2, 0) is 29.5 Å². The van der Waals surface area contributed by atoms with Crippen molar-refractivity contribution in [3.63, 3.8) is 0 Å². The molecule has 146 valence electrons. The summed E-state index contributed by atoms with van der Waals surface area (Å²) in [6.45, 7) is 2.61. The molecule has 1 N–H and O–H groups in total. The molecule has 1 aliphatic heterocycles. The van der Waals surface area contributed by atoms with Gasteiger partial charge in [0.05, 0.1) is 13.2 Å². The highest BCUT2D eigenvalue weighted by Gasteiger charge is 2.21. The SMILES string of the molecule is CCc1cnc2c(c1OC)c(=O)n(CC(=O)NCC1CCCO1)c(=O)n2C. The number of methoxy groups -OCH3 is 1. The van der Waals surface area contributed by atoms with E-state index in [1.165, 1.54) is 18.7 Å². The van der Waals surface area contributed by atoms with Crippen LogP contribution >= 0.6 is 0 Å². The molecule has 1 amide bonds. The largest absolute Gasteiger partial charge is 0.495 e. The minimum Gasteiger partial charge on any atom is -0.495 e. The Balaban J connectivity index is 1.98. The fourth-order valence-corrected chi connectivity index (χ4v) is 3.32. The second-order valence-electron chi connectivity index (χ2n) is 6.54. The van der Waals surface area contributed by atoms with Gasteiger partial charge in [-0.1, -0.05) is 6.92 Å². The van der Waals surface area contributed by atoms with Crippen molar-refractivity contribution in [1.82, 2.24) is 19.4 Å². The summed E-state index contributed by atoms with van der Waals surface area (Å²) in [5, 5.41) is 2.93.